The number of nitrogens with zero attached hydrogens (tertiary/aromatic N) is 3. The second-order valence-electron chi connectivity index (χ2n) is 6.52. The van der Waals surface area contributed by atoms with E-state index in [0.29, 0.717) is 16.5 Å². The normalized spacial score (nSPS) is 20.5. The van der Waals surface area contributed by atoms with E-state index < -0.39 is 0 Å². The molecule has 0 bridgehead atoms. The zero-order valence-electron chi connectivity index (χ0n) is 13.8. The quantitative estimate of drug-likeness (QED) is 0.692. The monoisotopic (exact) mass is 382 g/mol. The molecule has 2 aliphatic heterocycles. The molecule has 3 aromatic rings. The van der Waals surface area contributed by atoms with Crippen LogP contribution >= 0.6 is 23.4 Å². The Balaban J connectivity index is 1.80. The summed E-state index contributed by atoms with van der Waals surface area (Å²) in [6, 6.07) is 15.1. The maximum absolute atomic E-state index is 12.7. The molecule has 5 nitrogen and oxygen atoms in total. The van der Waals surface area contributed by atoms with Gasteiger partial charge in [-0.05, 0) is 24.0 Å². The summed E-state index contributed by atoms with van der Waals surface area (Å²) < 4.78 is 1.90. The maximum atomic E-state index is 12.7. The third-order valence-corrected chi connectivity index (χ3v) is 6.26. The number of aromatic nitrogens is 3. The van der Waals surface area contributed by atoms with Gasteiger partial charge in [0.1, 0.15) is 5.66 Å². The van der Waals surface area contributed by atoms with Crippen LogP contribution in [0.4, 0.5) is 5.69 Å². The van der Waals surface area contributed by atoms with Gasteiger partial charge in [0.05, 0.1) is 0 Å². The fourth-order valence-electron chi connectivity index (χ4n) is 3.57. The van der Waals surface area contributed by atoms with Gasteiger partial charge in [-0.15, -0.1) is 0 Å². The van der Waals surface area contributed by atoms with Gasteiger partial charge in [-0.3, -0.25) is 4.79 Å². The first kappa shape index (κ1) is 15.9. The van der Waals surface area contributed by atoms with E-state index in [1.165, 1.54) is 0 Å². The van der Waals surface area contributed by atoms with E-state index in [1.54, 1.807) is 0 Å². The van der Waals surface area contributed by atoms with Gasteiger partial charge in [0, 0.05) is 34.0 Å². The highest BCUT2D eigenvalue weighted by Crippen LogP contribution is 2.44. The standard InChI is InChI=1S/C19H15ClN4OS/c20-13-6-7-15-14(10-13)17-21-18(25)16(12-4-2-1-3-5-12)23-24(17)19(22-15)8-9-26-11-19/h1-7,10,22H,8-9,11H2/t19-/m1/s1. The molecule has 1 saturated heterocycles. The van der Waals surface area contributed by atoms with Crippen molar-refractivity contribution in [3.8, 4) is 22.6 Å². The van der Waals surface area contributed by atoms with Crippen LogP contribution in [0.25, 0.3) is 22.6 Å². The molecule has 0 amide bonds. The second kappa shape index (κ2) is 5.86. The minimum absolute atomic E-state index is 0.323. The number of nitrogens with one attached hydrogen (secondary N) is 1. The Morgan fingerprint density at radius 1 is 1.19 bits per heavy atom. The second-order valence-corrected chi connectivity index (χ2v) is 8.06. The first-order chi connectivity index (χ1) is 12.7. The van der Waals surface area contributed by atoms with Gasteiger partial charge in [-0.25, -0.2) is 4.68 Å². The lowest BCUT2D eigenvalue weighted by Crippen LogP contribution is -2.47. The zero-order valence-corrected chi connectivity index (χ0v) is 15.3. The smallest absolute Gasteiger partial charge is 0.300 e. The van der Waals surface area contributed by atoms with E-state index in [-0.39, 0.29) is 11.2 Å². The topological polar surface area (TPSA) is 59.8 Å². The molecule has 130 valence electrons. The number of fused-ring (bicyclic) bond motifs is 4. The molecule has 0 saturated carbocycles. The molecule has 26 heavy (non-hydrogen) atoms. The zero-order chi connectivity index (χ0) is 17.7. The number of anilines is 1. The van der Waals surface area contributed by atoms with Crippen molar-refractivity contribution in [2.45, 2.75) is 12.1 Å². The molecule has 2 aromatic carbocycles. The van der Waals surface area contributed by atoms with Crippen molar-refractivity contribution in [1.82, 2.24) is 14.8 Å². The predicted molar refractivity (Wildman–Crippen MR) is 106 cm³/mol. The molecule has 1 spiro atoms. The third-order valence-electron chi connectivity index (χ3n) is 4.85. The molecule has 0 aliphatic carbocycles. The van der Waals surface area contributed by atoms with Crippen LogP contribution in [0.3, 0.4) is 0 Å². The fraction of sp³-hybridized carbons (Fsp3) is 0.211. The predicted octanol–water partition coefficient (Wildman–Crippen LogP) is 3.84. The van der Waals surface area contributed by atoms with Gasteiger partial charge in [-0.1, -0.05) is 41.9 Å². The van der Waals surface area contributed by atoms with Crippen molar-refractivity contribution in [2.24, 2.45) is 0 Å². The van der Waals surface area contributed by atoms with Crippen molar-refractivity contribution in [1.29, 1.82) is 0 Å². The van der Waals surface area contributed by atoms with Crippen LogP contribution in [-0.4, -0.2) is 26.3 Å². The van der Waals surface area contributed by atoms with Crippen LogP contribution < -0.4 is 10.9 Å². The summed E-state index contributed by atoms with van der Waals surface area (Å²) in [5, 5.41) is 9.01. The van der Waals surface area contributed by atoms with Crippen molar-refractivity contribution in [3.05, 3.63) is 63.9 Å². The number of hydrogen-bond acceptors (Lipinski definition) is 5. The largest absolute Gasteiger partial charge is 0.360 e. The lowest BCUT2D eigenvalue weighted by atomic mass is 10.0. The Morgan fingerprint density at radius 3 is 2.81 bits per heavy atom. The molecule has 1 fully saturated rings. The Bertz CT molecular complexity index is 1060. The number of hydrogen-bond donors (Lipinski definition) is 1. The average Bonchev–Trinajstić information content (AvgIpc) is 3.12. The van der Waals surface area contributed by atoms with Gasteiger partial charge in [-0.2, -0.15) is 21.8 Å². The molecule has 1 N–H and O–H groups in total. The lowest BCUT2D eigenvalue weighted by Gasteiger charge is -2.38. The summed E-state index contributed by atoms with van der Waals surface area (Å²) in [5.41, 5.74) is 2.21. The highest BCUT2D eigenvalue weighted by atomic mass is 35.5. The molecule has 5 rings (SSSR count). The summed E-state index contributed by atoms with van der Waals surface area (Å²) in [6.45, 7) is 0. The van der Waals surface area contributed by atoms with E-state index in [9.17, 15) is 4.79 Å². The van der Waals surface area contributed by atoms with Gasteiger partial charge in [0.15, 0.2) is 11.5 Å². The number of benzene rings is 2. The number of thioether (sulfide) groups is 1. The van der Waals surface area contributed by atoms with Crippen LogP contribution in [0.15, 0.2) is 53.3 Å². The summed E-state index contributed by atoms with van der Waals surface area (Å²) >= 11 is 8.07. The SMILES string of the molecule is O=c1nc2n(nc1-c1ccccc1)[C@@]1(CCSC1)Nc1ccc(Cl)cc1-2. The van der Waals surface area contributed by atoms with Gasteiger partial charge in [0.2, 0.25) is 0 Å². The minimum atomic E-state index is -0.370. The molecular formula is C19H15ClN4OS. The number of halogens is 1. The van der Waals surface area contributed by atoms with E-state index in [2.05, 4.69) is 10.3 Å². The van der Waals surface area contributed by atoms with E-state index in [4.69, 9.17) is 16.7 Å². The minimum Gasteiger partial charge on any atom is -0.360 e. The molecule has 2 aliphatic rings. The third kappa shape index (κ3) is 2.36. The van der Waals surface area contributed by atoms with Crippen molar-refractivity contribution >= 4 is 29.1 Å². The van der Waals surface area contributed by atoms with Crippen LogP contribution in [0.5, 0.6) is 0 Å². The Kier molecular flexibility index (Phi) is 3.58. The molecular weight excluding hydrogens is 368 g/mol. The van der Waals surface area contributed by atoms with Crippen LogP contribution in [0.2, 0.25) is 5.02 Å². The molecule has 0 unspecified atom stereocenters. The first-order valence-corrected chi connectivity index (χ1v) is 9.93. The van der Waals surface area contributed by atoms with Gasteiger partial charge >= 0.3 is 0 Å². The Labute approximate surface area is 159 Å². The highest BCUT2D eigenvalue weighted by molar-refractivity contribution is 7.99. The number of rotatable bonds is 1. The van der Waals surface area contributed by atoms with Crippen molar-refractivity contribution in [2.75, 3.05) is 16.8 Å². The lowest BCUT2D eigenvalue weighted by molar-refractivity contribution is 0.333. The Hall–Kier alpha value is -2.31. The van der Waals surface area contributed by atoms with Crippen LogP contribution in [0.1, 0.15) is 6.42 Å². The molecule has 7 heteroatoms. The summed E-state index contributed by atoms with van der Waals surface area (Å²) in [4.78, 5) is 17.2. The van der Waals surface area contributed by atoms with Crippen LogP contribution in [0, 0.1) is 0 Å². The molecule has 1 atom stereocenters. The highest BCUT2D eigenvalue weighted by Gasteiger charge is 2.43. The van der Waals surface area contributed by atoms with Crippen LogP contribution in [-0.2, 0) is 5.66 Å². The van der Waals surface area contributed by atoms with Crippen molar-refractivity contribution in [3.63, 3.8) is 0 Å². The molecule has 1 aromatic heterocycles. The van der Waals surface area contributed by atoms with Crippen molar-refractivity contribution < 1.29 is 0 Å². The fourth-order valence-corrected chi connectivity index (χ4v) is 5.05. The molecule has 0 radical (unpaired) electrons. The summed E-state index contributed by atoms with van der Waals surface area (Å²) in [5.74, 6) is 2.48. The van der Waals surface area contributed by atoms with Gasteiger partial charge < -0.3 is 5.32 Å². The first-order valence-electron chi connectivity index (χ1n) is 8.39. The molecule has 3 heterocycles. The average molecular weight is 383 g/mol. The maximum Gasteiger partial charge on any atom is 0.300 e. The van der Waals surface area contributed by atoms with Gasteiger partial charge in [0.25, 0.3) is 5.56 Å². The van der Waals surface area contributed by atoms with E-state index in [0.717, 1.165) is 34.7 Å². The summed E-state index contributed by atoms with van der Waals surface area (Å²) in [6.07, 6.45) is 0.915. The van der Waals surface area contributed by atoms with E-state index in [1.807, 2.05) is 65.0 Å². The summed E-state index contributed by atoms with van der Waals surface area (Å²) in [7, 11) is 0. The Morgan fingerprint density at radius 2 is 2.04 bits per heavy atom. The van der Waals surface area contributed by atoms with E-state index >= 15 is 0 Å².